The van der Waals surface area contributed by atoms with Crippen LogP contribution in [0.4, 0.5) is 17.1 Å². The van der Waals surface area contributed by atoms with Crippen LogP contribution in [0.1, 0.15) is 12.0 Å². The van der Waals surface area contributed by atoms with Crippen molar-refractivity contribution in [3.8, 4) is 5.75 Å². The van der Waals surface area contributed by atoms with Crippen molar-refractivity contribution in [2.75, 3.05) is 18.2 Å². The third kappa shape index (κ3) is 5.34. The van der Waals surface area contributed by atoms with Gasteiger partial charge in [0.05, 0.1) is 40.7 Å². The molecule has 7 heteroatoms. The summed E-state index contributed by atoms with van der Waals surface area (Å²) in [5, 5.41) is 4.22. The number of aliphatic imine (C=N–C) groups is 2. The smallest absolute Gasteiger partial charge is 0.234 e. The molecule has 31 heavy (non-hydrogen) atoms. The van der Waals surface area contributed by atoms with E-state index in [1.807, 2.05) is 54.6 Å². The highest BCUT2D eigenvalue weighted by atomic mass is 35.5. The van der Waals surface area contributed by atoms with Crippen molar-refractivity contribution in [2.24, 2.45) is 9.98 Å². The number of methoxy groups -OCH3 is 1. The number of thioether (sulfide) groups is 1. The zero-order valence-electron chi connectivity index (χ0n) is 16.8. The van der Waals surface area contributed by atoms with Crippen molar-refractivity contribution >= 4 is 57.1 Å². The van der Waals surface area contributed by atoms with Crippen LogP contribution < -0.4 is 10.1 Å². The number of anilines is 1. The van der Waals surface area contributed by atoms with Gasteiger partial charge < -0.3 is 10.1 Å². The fourth-order valence-corrected chi connectivity index (χ4v) is 4.09. The standard InChI is InChI=1S/C24H20ClN3O2S/c1-30-22-12-11-17(25)13-21(22)27-23(29)15-31-24-14-20(16-7-3-2-4-8-16)26-18-9-5-6-10-19(18)28-24/h2-13H,14-15H2,1H3,(H,27,29). The van der Waals surface area contributed by atoms with Crippen LogP contribution in [0.25, 0.3) is 0 Å². The third-order valence-corrected chi connectivity index (χ3v) is 5.82. The molecular weight excluding hydrogens is 430 g/mol. The first kappa shape index (κ1) is 21.2. The van der Waals surface area contributed by atoms with Gasteiger partial charge in [-0.25, -0.2) is 4.99 Å². The molecule has 3 aromatic carbocycles. The number of hydrogen-bond donors (Lipinski definition) is 1. The van der Waals surface area contributed by atoms with Crippen LogP contribution in [0.15, 0.2) is 82.8 Å². The van der Waals surface area contributed by atoms with E-state index in [0.717, 1.165) is 27.7 Å². The first-order valence-electron chi connectivity index (χ1n) is 9.68. The van der Waals surface area contributed by atoms with Crippen molar-refractivity contribution in [3.63, 3.8) is 0 Å². The molecule has 3 aromatic rings. The van der Waals surface area contributed by atoms with Crippen molar-refractivity contribution in [1.82, 2.24) is 0 Å². The number of ether oxygens (including phenoxy) is 1. The molecule has 0 atom stereocenters. The zero-order chi connectivity index (χ0) is 21.6. The van der Waals surface area contributed by atoms with Crippen LogP contribution in [0.5, 0.6) is 5.75 Å². The molecule has 1 amide bonds. The van der Waals surface area contributed by atoms with E-state index >= 15 is 0 Å². The van der Waals surface area contributed by atoms with Crippen molar-refractivity contribution < 1.29 is 9.53 Å². The Balaban J connectivity index is 1.52. The lowest BCUT2D eigenvalue weighted by molar-refractivity contribution is -0.113. The van der Waals surface area contributed by atoms with Gasteiger partial charge in [0.15, 0.2) is 0 Å². The third-order valence-electron chi connectivity index (χ3n) is 4.61. The number of benzene rings is 3. The molecule has 1 aliphatic heterocycles. The predicted octanol–water partition coefficient (Wildman–Crippen LogP) is 6.28. The number of amides is 1. The lowest BCUT2D eigenvalue weighted by Crippen LogP contribution is -2.16. The number of hydrogen-bond acceptors (Lipinski definition) is 5. The van der Waals surface area contributed by atoms with Crippen LogP contribution >= 0.6 is 23.4 Å². The van der Waals surface area contributed by atoms with Crippen LogP contribution in [-0.4, -0.2) is 29.5 Å². The molecule has 0 fully saturated rings. The first-order chi connectivity index (χ1) is 15.1. The van der Waals surface area contributed by atoms with Gasteiger partial charge in [0, 0.05) is 11.4 Å². The molecule has 0 aliphatic carbocycles. The molecule has 0 aromatic heterocycles. The van der Waals surface area contributed by atoms with E-state index < -0.39 is 0 Å². The van der Waals surface area contributed by atoms with Gasteiger partial charge >= 0.3 is 0 Å². The van der Waals surface area contributed by atoms with Crippen molar-refractivity contribution in [1.29, 1.82) is 0 Å². The predicted molar refractivity (Wildman–Crippen MR) is 130 cm³/mol. The Labute approximate surface area is 190 Å². The van der Waals surface area contributed by atoms with Crippen LogP contribution in [0.3, 0.4) is 0 Å². The van der Waals surface area contributed by atoms with E-state index in [1.165, 1.54) is 11.8 Å². The molecule has 0 spiro atoms. The Kier molecular flexibility index (Phi) is 6.70. The normalized spacial score (nSPS) is 12.8. The SMILES string of the molecule is COc1ccc(Cl)cc1NC(=O)CSC1=Nc2ccccc2N=C(c2ccccc2)C1. The van der Waals surface area contributed by atoms with Gasteiger partial charge in [0.1, 0.15) is 5.75 Å². The second-order valence-corrected chi connectivity index (χ2v) is 8.26. The quantitative estimate of drug-likeness (QED) is 0.498. The van der Waals surface area contributed by atoms with E-state index in [0.29, 0.717) is 22.9 Å². The molecule has 4 rings (SSSR count). The van der Waals surface area contributed by atoms with E-state index in [4.69, 9.17) is 26.3 Å². The maximum Gasteiger partial charge on any atom is 0.234 e. The monoisotopic (exact) mass is 449 g/mol. The molecule has 0 radical (unpaired) electrons. The average Bonchev–Trinajstić information content (AvgIpc) is 2.98. The van der Waals surface area contributed by atoms with Gasteiger partial charge in [0.25, 0.3) is 0 Å². The first-order valence-corrected chi connectivity index (χ1v) is 11.0. The summed E-state index contributed by atoms with van der Waals surface area (Å²) in [4.78, 5) is 22.2. The summed E-state index contributed by atoms with van der Waals surface area (Å²) >= 11 is 7.45. The maximum atomic E-state index is 12.6. The van der Waals surface area contributed by atoms with Crippen LogP contribution in [0.2, 0.25) is 5.02 Å². The number of carbonyl (C=O) groups is 1. The summed E-state index contributed by atoms with van der Waals surface area (Å²) in [7, 11) is 1.55. The van der Waals surface area contributed by atoms with Gasteiger partial charge in [-0.3, -0.25) is 9.79 Å². The molecule has 0 unspecified atom stereocenters. The minimum atomic E-state index is -0.163. The molecule has 5 nitrogen and oxygen atoms in total. The van der Waals surface area contributed by atoms with Gasteiger partial charge in [-0.1, -0.05) is 54.1 Å². The van der Waals surface area contributed by atoms with Gasteiger partial charge in [-0.2, -0.15) is 0 Å². The Morgan fingerprint density at radius 2 is 1.74 bits per heavy atom. The Morgan fingerprint density at radius 3 is 2.48 bits per heavy atom. The zero-order valence-corrected chi connectivity index (χ0v) is 18.4. The molecule has 1 aliphatic rings. The summed E-state index contributed by atoms with van der Waals surface area (Å²) in [6.07, 6.45) is 0.553. The molecule has 0 saturated carbocycles. The van der Waals surface area contributed by atoms with E-state index in [9.17, 15) is 4.79 Å². The van der Waals surface area contributed by atoms with Gasteiger partial charge in [-0.05, 0) is 35.9 Å². The lowest BCUT2D eigenvalue weighted by Gasteiger charge is -2.11. The van der Waals surface area contributed by atoms with Crippen LogP contribution in [0, 0.1) is 0 Å². The molecule has 0 bridgehead atoms. The number of nitrogens with zero attached hydrogens (tertiary/aromatic N) is 2. The second kappa shape index (κ2) is 9.81. The number of carbonyl (C=O) groups excluding carboxylic acids is 1. The van der Waals surface area contributed by atoms with E-state index in [1.54, 1.807) is 25.3 Å². The summed E-state index contributed by atoms with van der Waals surface area (Å²) in [5.74, 6) is 0.602. The second-order valence-electron chi connectivity index (χ2n) is 6.78. The number of para-hydroxylation sites is 2. The lowest BCUT2D eigenvalue weighted by atomic mass is 10.1. The van der Waals surface area contributed by atoms with Crippen molar-refractivity contribution in [3.05, 3.63) is 83.4 Å². The minimum Gasteiger partial charge on any atom is -0.495 e. The van der Waals surface area contributed by atoms with Crippen molar-refractivity contribution in [2.45, 2.75) is 6.42 Å². The molecule has 1 heterocycles. The van der Waals surface area contributed by atoms with Gasteiger partial charge in [0.2, 0.25) is 5.91 Å². The molecule has 156 valence electrons. The summed E-state index contributed by atoms with van der Waals surface area (Å²) in [5.41, 5.74) is 4.13. The highest BCUT2D eigenvalue weighted by Gasteiger charge is 2.17. The molecular formula is C24H20ClN3O2S. The molecule has 0 saturated heterocycles. The number of rotatable bonds is 5. The fraction of sp³-hybridized carbons (Fsp3) is 0.125. The number of fused-ring (bicyclic) bond motifs is 1. The maximum absolute atomic E-state index is 12.6. The summed E-state index contributed by atoms with van der Waals surface area (Å²) < 4.78 is 5.29. The topological polar surface area (TPSA) is 63.0 Å². The minimum absolute atomic E-state index is 0.163. The average molecular weight is 450 g/mol. The highest BCUT2D eigenvalue weighted by Crippen LogP contribution is 2.33. The Hall–Kier alpha value is -3.09. The van der Waals surface area contributed by atoms with E-state index in [2.05, 4.69) is 5.32 Å². The summed E-state index contributed by atoms with van der Waals surface area (Å²) in [6, 6.07) is 22.9. The van der Waals surface area contributed by atoms with Gasteiger partial charge in [-0.15, -0.1) is 11.8 Å². The number of halogens is 1. The Morgan fingerprint density at radius 1 is 1.03 bits per heavy atom. The fourth-order valence-electron chi connectivity index (χ4n) is 3.15. The largest absolute Gasteiger partial charge is 0.495 e. The number of nitrogens with one attached hydrogen (secondary N) is 1. The molecule has 1 N–H and O–H groups in total. The van der Waals surface area contributed by atoms with Crippen LogP contribution in [-0.2, 0) is 4.79 Å². The van der Waals surface area contributed by atoms with E-state index in [-0.39, 0.29) is 11.7 Å². The highest BCUT2D eigenvalue weighted by molar-refractivity contribution is 8.14. The Bertz CT molecular complexity index is 1160. The summed E-state index contributed by atoms with van der Waals surface area (Å²) in [6.45, 7) is 0.